The van der Waals surface area contributed by atoms with Gasteiger partial charge in [0.2, 0.25) is 0 Å². The third-order valence-corrected chi connectivity index (χ3v) is 2.94. The fourth-order valence-electron chi connectivity index (χ4n) is 1.84. The Balaban J connectivity index is 2.80. The highest BCUT2D eigenvalue weighted by Gasteiger charge is 2.17. The molecule has 0 bridgehead atoms. The lowest BCUT2D eigenvalue weighted by Crippen LogP contribution is -2.31. The van der Waals surface area contributed by atoms with E-state index in [4.69, 9.17) is 15.5 Å². The maximum Gasteiger partial charge on any atom is 0.268 e. The predicted octanol–water partition coefficient (Wildman–Crippen LogP) is 1.32. The second-order valence-electron chi connectivity index (χ2n) is 4.63. The normalized spacial score (nSPS) is 10.8. The number of hydrazine groups is 1. The molecule has 0 fully saturated rings. The summed E-state index contributed by atoms with van der Waals surface area (Å²) in [5, 5.41) is 8.65. The van der Waals surface area contributed by atoms with Gasteiger partial charge in [0.05, 0.1) is 18.2 Å². The van der Waals surface area contributed by atoms with Crippen LogP contribution in [0.1, 0.15) is 42.1 Å². The first-order chi connectivity index (χ1) is 8.99. The first kappa shape index (κ1) is 15.2. The van der Waals surface area contributed by atoms with Gasteiger partial charge in [0.1, 0.15) is 11.5 Å². The number of rotatable bonds is 6. The lowest BCUT2D eigenvalue weighted by molar-refractivity contribution is 0.0952. The van der Waals surface area contributed by atoms with E-state index >= 15 is 0 Å². The molecule has 1 rings (SSSR count). The Morgan fingerprint density at radius 2 is 2.32 bits per heavy atom. The van der Waals surface area contributed by atoms with Crippen molar-refractivity contribution < 1.29 is 9.21 Å². The number of carbonyl (C=O) groups is 1. The Labute approximate surface area is 113 Å². The Bertz CT molecular complexity index is 473. The molecule has 0 spiro atoms. The summed E-state index contributed by atoms with van der Waals surface area (Å²) < 4.78 is 5.56. The third kappa shape index (κ3) is 4.09. The van der Waals surface area contributed by atoms with Crippen LogP contribution in [-0.4, -0.2) is 23.4 Å². The molecule has 0 atom stereocenters. The van der Waals surface area contributed by atoms with E-state index in [1.807, 2.05) is 0 Å². The van der Waals surface area contributed by atoms with Gasteiger partial charge < -0.3 is 4.42 Å². The molecule has 1 aromatic heterocycles. The molecular weight excluding hydrogens is 244 g/mol. The zero-order valence-corrected chi connectivity index (χ0v) is 11.6. The van der Waals surface area contributed by atoms with Crippen LogP contribution in [0.25, 0.3) is 0 Å². The lowest BCUT2D eigenvalue weighted by Gasteiger charge is -2.24. The number of furan rings is 1. The highest BCUT2D eigenvalue weighted by atomic mass is 16.3. The molecule has 0 saturated heterocycles. The van der Waals surface area contributed by atoms with E-state index in [0.717, 1.165) is 0 Å². The quantitative estimate of drug-likeness (QED) is 0.459. The molecule has 0 aliphatic rings. The van der Waals surface area contributed by atoms with Crippen LogP contribution in [-0.2, 0) is 6.54 Å². The van der Waals surface area contributed by atoms with Gasteiger partial charge >= 0.3 is 0 Å². The van der Waals surface area contributed by atoms with Crippen molar-refractivity contribution in [2.45, 2.75) is 39.8 Å². The van der Waals surface area contributed by atoms with Crippen molar-refractivity contribution in [1.29, 1.82) is 5.26 Å². The first-order valence-corrected chi connectivity index (χ1v) is 6.20. The summed E-state index contributed by atoms with van der Waals surface area (Å²) in [4.78, 5) is 13.6. The Hall–Kier alpha value is -1.84. The minimum absolute atomic E-state index is 0.297. The summed E-state index contributed by atoms with van der Waals surface area (Å²) in [5.74, 6) is 5.99. The molecule has 0 aromatic carbocycles. The number of nitrogens with zero attached hydrogens (tertiary/aromatic N) is 2. The summed E-state index contributed by atoms with van der Waals surface area (Å²) in [6, 6.07) is 4.12. The summed E-state index contributed by atoms with van der Waals surface area (Å²) in [6.07, 6.45) is 0.466. The van der Waals surface area contributed by atoms with Gasteiger partial charge in [-0.05, 0) is 26.8 Å². The lowest BCUT2D eigenvalue weighted by atomic mass is 10.2. The van der Waals surface area contributed by atoms with Crippen molar-refractivity contribution >= 4 is 5.91 Å². The number of hydrogen-bond acceptors (Lipinski definition) is 5. The molecule has 6 nitrogen and oxygen atoms in total. The van der Waals surface area contributed by atoms with E-state index < -0.39 is 0 Å². The van der Waals surface area contributed by atoms with Gasteiger partial charge in [-0.1, -0.05) is 0 Å². The molecule has 19 heavy (non-hydrogen) atoms. The molecule has 0 saturated carbocycles. The number of nitrogens with two attached hydrogens (primary N) is 1. The second kappa shape index (κ2) is 6.92. The van der Waals surface area contributed by atoms with Gasteiger partial charge in [-0.15, -0.1) is 0 Å². The van der Waals surface area contributed by atoms with Crippen LogP contribution in [0.3, 0.4) is 0 Å². The number of aryl methyl sites for hydroxylation is 1. The molecule has 6 heteroatoms. The van der Waals surface area contributed by atoms with Gasteiger partial charge in [0, 0.05) is 19.0 Å². The fourth-order valence-corrected chi connectivity index (χ4v) is 1.84. The van der Waals surface area contributed by atoms with Crippen LogP contribution in [0.5, 0.6) is 0 Å². The molecule has 1 heterocycles. The van der Waals surface area contributed by atoms with E-state index in [1.165, 1.54) is 0 Å². The van der Waals surface area contributed by atoms with Crippen LogP contribution >= 0.6 is 0 Å². The van der Waals surface area contributed by atoms with Crippen molar-refractivity contribution in [3.63, 3.8) is 0 Å². The molecule has 104 valence electrons. The van der Waals surface area contributed by atoms with Crippen molar-refractivity contribution in [1.82, 2.24) is 10.3 Å². The van der Waals surface area contributed by atoms with Crippen molar-refractivity contribution in [2.75, 3.05) is 6.54 Å². The van der Waals surface area contributed by atoms with E-state index in [2.05, 4.69) is 30.2 Å². The van der Waals surface area contributed by atoms with E-state index in [0.29, 0.717) is 42.6 Å². The van der Waals surface area contributed by atoms with Gasteiger partial charge in [0.25, 0.3) is 5.91 Å². The molecule has 0 radical (unpaired) electrons. The van der Waals surface area contributed by atoms with Gasteiger partial charge in [-0.3, -0.25) is 15.1 Å². The zero-order chi connectivity index (χ0) is 14.4. The Morgan fingerprint density at radius 1 is 1.63 bits per heavy atom. The smallest absolute Gasteiger partial charge is 0.268 e. The fraction of sp³-hybridized carbons (Fsp3) is 0.538. The summed E-state index contributed by atoms with van der Waals surface area (Å²) in [7, 11) is 0. The van der Waals surface area contributed by atoms with Gasteiger partial charge in [-0.25, -0.2) is 5.84 Å². The Kier molecular flexibility index (Phi) is 5.55. The average molecular weight is 264 g/mol. The summed E-state index contributed by atoms with van der Waals surface area (Å²) in [6.45, 7) is 7.08. The number of carbonyl (C=O) groups excluding carboxylic acids is 1. The topological polar surface area (TPSA) is 95.3 Å². The molecule has 1 amide bonds. The molecule has 1 aromatic rings. The summed E-state index contributed by atoms with van der Waals surface area (Å²) >= 11 is 0. The highest BCUT2D eigenvalue weighted by Crippen LogP contribution is 2.17. The third-order valence-electron chi connectivity index (χ3n) is 2.94. The van der Waals surface area contributed by atoms with Crippen molar-refractivity contribution in [2.24, 2.45) is 5.84 Å². The SMILES string of the molecule is Cc1oc(CN(CCC#N)C(C)C)cc1C(=O)NN. The van der Waals surface area contributed by atoms with Crippen LogP contribution < -0.4 is 11.3 Å². The van der Waals surface area contributed by atoms with Gasteiger partial charge in [-0.2, -0.15) is 5.26 Å². The minimum atomic E-state index is -0.361. The number of nitrogens with one attached hydrogen (secondary N) is 1. The van der Waals surface area contributed by atoms with Crippen LogP contribution in [0, 0.1) is 18.3 Å². The second-order valence-corrected chi connectivity index (χ2v) is 4.63. The predicted molar refractivity (Wildman–Crippen MR) is 70.9 cm³/mol. The van der Waals surface area contributed by atoms with Crippen LogP contribution in [0.4, 0.5) is 0 Å². The van der Waals surface area contributed by atoms with Gasteiger partial charge in [0.15, 0.2) is 0 Å². The maximum absolute atomic E-state index is 11.5. The zero-order valence-electron chi connectivity index (χ0n) is 11.6. The minimum Gasteiger partial charge on any atom is -0.464 e. The summed E-state index contributed by atoms with van der Waals surface area (Å²) in [5.41, 5.74) is 2.54. The molecule has 0 aliphatic carbocycles. The van der Waals surface area contributed by atoms with Crippen molar-refractivity contribution in [3.8, 4) is 6.07 Å². The molecule has 0 aliphatic heterocycles. The molecular formula is C13H20N4O2. The number of hydrogen-bond donors (Lipinski definition) is 2. The average Bonchev–Trinajstić information content (AvgIpc) is 2.74. The first-order valence-electron chi connectivity index (χ1n) is 6.20. The van der Waals surface area contributed by atoms with E-state index in [1.54, 1.807) is 13.0 Å². The number of amides is 1. The standard InChI is InChI=1S/C13H20N4O2/c1-9(2)17(6-4-5-14)8-11-7-12(10(3)19-11)13(18)16-15/h7,9H,4,6,8,15H2,1-3H3,(H,16,18). The van der Waals surface area contributed by atoms with E-state index in [-0.39, 0.29) is 5.91 Å². The number of nitrogen functional groups attached to an aromatic ring is 1. The van der Waals surface area contributed by atoms with Crippen molar-refractivity contribution in [3.05, 3.63) is 23.2 Å². The Morgan fingerprint density at radius 3 is 2.84 bits per heavy atom. The molecule has 0 unspecified atom stereocenters. The largest absolute Gasteiger partial charge is 0.464 e. The maximum atomic E-state index is 11.5. The molecule has 3 N–H and O–H groups in total. The van der Waals surface area contributed by atoms with Crippen LogP contribution in [0.2, 0.25) is 0 Å². The van der Waals surface area contributed by atoms with Crippen LogP contribution in [0.15, 0.2) is 10.5 Å². The number of nitriles is 1. The monoisotopic (exact) mass is 264 g/mol. The van der Waals surface area contributed by atoms with E-state index in [9.17, 15) is 4.79 Å². The highest BCUT2D eigenvalue weighted by molar-refractivity contribution is 5.94.